The first-order valence-electron chi connectivity index (χ1n) is 8.33. The number of benzene rings is 1. The van der Waals surface area contributed by atoms with Gasteiger partial charge in [-0.25, -0.2) is 14.8 Å². The van der Waals surface area contributed by atoms with Crippen molar-refractivity contribution in [1.29, 1.82) is 0 Å². The Kier molecular flexibility index (Phi) is 6.57. The van der Waals surface area contributed by atoms with Crippen LogP contribution in [0.4, 0.5) is 5.13 Å². The first kappa shape index (κ1) is 19.8. The number of aromatic nitrogens is 2. The number of anilines is 1. The van der Waals surface area contributed by atoms with Crippen molar-refractivity contribution < 1.29 is 19.1 Å². The first-order valence-corrected chi connectivity index (χ1v) is 9.59. The Hall–Kier alpha value is -2.97. The summed E-state index contributed by atoms with van der Waals surface area (Å²) < 4.78 is 10.3. The standard InChI is InChI=1S/C19H16ClN3O4S/c1-2-26-17-13(7-5-9-21-17)18(25)27-10-16(24)23-19-22-15(11-28-19)12-6-3-4-8-14(12)20/h3-9,11H,2,10H2,1H3,(H,22,23,24). The van der Waals surface area contributed by atoms with Crippen LogP contribution < -0.4 is 10.1 Å². The van der Waals surface area contributed by atoms with E-state index in [1.165, 1.54) is 23.6 Å². The Bertz CT molecular complexity index is 993. The van der Waals surface area contributed by atoms with Gasteiger partial charge in [0.25, 0.3) is 5.91 Å². The molecule has 7 nitrogen and oxygen atoms in total. The van der Waals surface area contributed by atoms with Gasteiger partial charge in [-0.05, 0) is 25.1 Å². The highest BCUT2D eigenvalue weighted by molar-refractivity contribution is 7.14. The minimum Gasteiger partial charge on any atom is -0.477 e. The van der Waals surface area contributed by atoms with E-state index in [1.54, 1.807) is 24.4 Å². The molecule has 3 aromatic rings. The van der Waals surface area contributed by atoms with Crippen LogP contribution in [0.3, 0.4) is 0 Å². The van der Waals surface area contributed by atoms with Gasteiger partial charge in [0.1, 0.15) is 5.56 Å². The van der Waals surface area contributed by atoms with E-state index < -0.39 is 18.5 Å². The SMILES string of the molecule is CCOc1ncccc1C(=O)OCC(=O)Nc1nc(-c2ccccc2Cl)cs1. The summed E-state index contributed by atoms with van der Waals surface area (Å²) >= 11 is 7.41. The Labute approximate surface area is 170 Å². The third kappa shape index (κ3) is 4.85. The van der Waals surface area contributed by atoms with E-state index >= 15 is 0 Å². The van der Waals surface area contributed by atoms with Crippen molar-refractivity contribution in [3.05, 3.63) is 58.6 Å². The summed E-state index contributed by atoms with van der Waals surface area (Å²) in [4.78, 5) is 32.6. The van der Waals surface area contributed by atoms with E-state index in [9.17, 15) is 9.59 Å². The number of carbonyl (C=O) groups excluding carboxylic acids is 2. The first-order chi connectivity index (χ1) is 13.6. The molecule has 2 aromatic heterocycles. The van der Waals surface area contributed by atoms with Crippen molar-refractivity contribution in [3.63, 3.8) is 0 Å². The maximum atomic E-state index is 12.2. The number of pyridine rings is 1. The largest absolute Gasteiger partial charge is 0.477 e. The van der Waals surface area contributed by atoms with E-state index in [0.717, 1.165) is 5.56 Å². The Morgan fingerprint density at radius 1 is 1.21 bits per heavy atom. The van der Waals surface area contributed by atoms with Crippen LogP contribution in [0.1, 0.15) is 17.3 Å². The Morgan fingerprint density at radius 2 is 2.04 bits per heavy atom. The van der Waals surface area contributed by atoms with Gasteiger partial charge in [-0.3, -0.25) is 10.1 Å². The monoisotopic (exact) mass is 417 g/mol. The van der Waals surface area contributed by atoms with Gasteiger partial charge in [-0.15, -0.1) is 11.3 Å². The van der Waals surface area contributed by atoms with Gasteiger partial charge in [0.2, 0.25) is 5.88 Å². The predicted octanol–water partition coefficient (Wildman–Crippen LogP) is 4.05. The summed E-state index contributed by atoms with van der Waals surface area (Å²) in [7, 11) is 0. The van der Waals surface area contributed by atoms with Crippen molar-refractivity contribution in [3.8, 4) is 17.1 Å². The summed E-state index contributed by atoms with van der Waals surface area (Å²) in [6.45, 7) is 1.68. The minimum absolute atomic E-state index is 0.160. The van der Waals surface area contributed by atoms with Gasteiger partial charge in [-0.2, -0.15) is 0 Å². The number of hydrogen-bond donors (Lipinski definition) is 1. The smallest absolute Gasteiger partial charge is 0.344 e. The minimum atomic E-state index is -0.692. The predicted molar refractivity (Wildman–Crippen MR) is 107 cm³/mol. The third-order valence-electron chi connectivity index (χ3n) is 3.51. The van der Waals surface area contributed by atoms with E-state index in [1.807, 2.05) is 18.2 Å². The molecule has 0 saturated carbocycles. The summed E-state index contributed by atoms with van der Waals surface area (Å²) in [5.41, 5.74) is 1.58. The molecule has 9 heteroatoms. The van der Waals surface area contributed by atoms with Crippen LogP contribution in [0.25, 0.3) is 11.3 Å². The Balaban J connectivity index is 1.58. The molecule has 0 bridgehead atoms. The van der Waals surface area contributed by atoms with Crippen LogP contribution in [-0.2, 0) is 9.53 Å². The number of carbonyl (C=O) groups is 2. The number of halogens is 1. The van der Waals surface area contributed by atoms with Crippen LogP contribution in [0, 0.1) is 0 Å². The highest BCUT2D eigenvalue weighted by Crippen LogP contribution is 2.30. The van der Waals surface area contributed by atoms with Gasteiger partial charge in [0, 0.05) is 22.2 Å². The molecule has 0 aliphatic heterocycles. The molecule has 2 heterocycles. The quantitative estimate of drug-likeness (QED) is 0.583. The molecule has 1 N–H and O–H groups in total. The van der Waals surface area contributed by atoms with Gasteiger partial charge >= 0.3 is 5.97 Å². The molecule has 3 rings (SSSR count). The van der Waals surface area contributed by atoms with Gasteiger partial charge in [0.15, 0.2) is 11.7 Å². The number of nitrogens with zero attached hydrogens (tertiary/aromatic N) is 2. The van der Waals surface area contributed by atoms with Gasteiger partial charge < -0.3 is 9.47 Å². The van der Waals surface area contributed by atoms with Crippen molar-refractivity contribution in [2.45, 2.75) is 6.92 Å². The molecule has 0 spiro atoms. The summed E-state index contributed by atoms with van der Waals surface area (Å²) in [6.07, 6.45) is 1.51. The van der Waals surface area contributed by atoms with Gasteiger partial charge in [-0.1, -0.05) is 29.8 Å². The maximum Gasteiger partial charge on any atom is 0.344 e. The molecule has 1 aromatic carbocycles. The van der Waals surface area contributed by atoms with E-state index in [0.29, 0.717) is 22.5 Å². The number of amides is 1. The molecule has 0 aliphatic carbocycles. The summed E-state index contributed by atoms with van der Waals surface area (Å²) in [5, 5.41) is 5.34. The second-order valence-corrected chi connectivity index (χ2v) is 6.70. The maximum absolute atomic E-state index is 12.2. The molecule has 0 aliphatic rings. The molecule has 28 heavy (non-hydrogen) atoms. The lowest BCUT2D eigenvalue weighted by Crippen LogP contribution is -2.21. The molecule has 1 amide bonds. The molecule has 144 valence electrons. The third-order valence-corrected chi connectivity index (χ3v) is 4.59. The van der Waals surface area contributed by atoms with Crippen molar-refractivity contribution >= 4 is 39.9 Å². The highest BCUT2D eigenvalue weighted by Gasteiger charge is 2.17. The zero-order chi connectivity index (χ0) is 19.9. The molecule has 0 atom stereocenters. The van der Waals surface area contributed by atoms with E-state index in [4.69, 9.17) is 21.1 Å². The van der Waals surface area contributed by atoms with Crippen molar-refractivity contribution in [2.24, 2.45) is 0 Å². The number of esters is 1. The fourth-order valence-electron chi connectivity index (χ4n) is 2.29. The highest BCUT2D eigenvalue weighted by atomic mass is 35.5. The van der Waals surface area contributed by atoms with Crippen molar-refractivity contribution in [1.82, 2.24) is 9.97 Å². The lowest BCUT2D eigenvalue weighted by atomic mass is 10.2. The molecular weight excluding hydrogens is 402 g/mol. The molecule has 0 radical (unpaired) electrons. The number of rotatable bonds is 7. The zero-order valence-corrected chi connectivity index (χ0v) is 16.4. The van der Waals surface area contributed by atoms with Gasteiger partial charge in [0.05, 0.1) is 12.3 Å². The average molecular weight is 418 g/mol. The average Bonchev–Trinajstić information content (AvgIpc) is 3.15. The van der Waals surface area contributed by atoms with Crippen molar-refractivity contribution in [2.75, 3.05) is 18.5 Å². The summed E-state index contributed by atoms with van der Waals surface area (Å²) in [5.74, 6) is -1.03. The normalized spacial score (nSPS) is 10.4. The van der Waals surface area contributed by atoms with Crippen LogP contribution in [-0.4, -0.2) is 35.1 Å². The Morgan fingerprint density at radius 3 is 2.82 bits per heavy atom. The topological polar surface area (TPSA) is 90.4 Å². The zero-order valence-electron chi connectivity index (χ0n) is 14.8. The number of nitrogens with one attached hydrogen (secondary N) is 1. The van der Waals surface area contributed by atoms with Crippen LogP contribution in [0.5, 0.6) is 5.88 Å². The fourth-order valence-corrected chi connectivity index (χ4v) is 3.25. The second-order valence-electron chi connectivity index (χ2n) is 5.43. The summed E-state index contributed by atoms with van der Waals surface area (Å²) in [6, 6.07) is 10.4. The molecule has 0 saturated heterocycles. The van der Waals surface area contributed by atoms with Crippen LogP contribution in [0.15, 0.2) is 48.0 Å². The lowest BCUT2D eigenvalue weighted by Gasteiger charge is -2.08. The fraction of sp³-hybridized carbons (Fsp3) is 0.158. The van der Waals surface area contributed by atoms with E-state index in [-0.39, 0.29) is 11.4 Å². The number of thiazole rings is 1. The second kappa shape index (κ2) is 9.29. The number of hydrogen-bond acceptors (Lipinski definition) is 7. The molecule has 0 unspecified atom stereocenters. The van der Waals surface area contributed by atoms with E-state index in [2.05, 4.69) is 15.3 Å². The number of ether oxygens (including phenoxy) is 2. The lowest BCUT2D eigenvalue weighted by molar-refractivity contribution is -0.119. The van der Waals surface area contributed by atoms with Crippen LogP contribution in [0.2, 0.25) is 5.02 Å². The molecule has 0 fully saturated rings. The van der Waals surface area contributed by atoms with Crippen LogP contribution >= 0.6 is 22.9 Å². The molecular formula is C19H16ClN3O4S.